The van der Waals surface area contributed by atoms with Gasteiger partial charge in [-0.1, -0.05) is 13.0 Å². The second-order valence-electron chi connectivity index (χ2n) is 8.22. The van der Waals surface area contributed by atoms with Gasteiger partial charge in [0.1, 0.15) is 17.0 Å². The third kappa shape index (κ3) is 5.20. The third-order valence-corrected chi connectivity index (χ3v) is 6.04. The average Bonchev–Trinajstić information content (AvgIpc) is 2.88. The van der Waals surface area contributed by atoms with Gasteiger partial charge < -0.3 is 19.5 Å². The van der Waals surface area contributed by atoms with Crippen molar-refractivity contribution in [2.24, 2.45) is 0 Å². The minimum atomic E-state index is -5.07. The van der Waals surface area contributed by atoms with Gasteiger partial charge in [-0.3, -0.25) is 9.78 Å². The molecule has 1 aliphatic rings. The Morgan fingerprint density at radius 3 is 2.62 bits per heavy atom. The van der Waals surface area contributed by atoms with Crippen molar-refractivity contribution in [3.05, 3.63) is 88.5 Å². The molecule has 0 radical (unpaired) electrons. The normalized spacial score (nSPS) is 16.8. The smallest absolute Gasteiger partial charge is 0.491 e. The van der Waals surface area contributed by atoms with Gasteiger partial charge in [0, 0.05) is 18.2 Å². The van der Waals surface area contributed by atoms with Gasteiger partial charge in [0.15, 0.2) is 11.6 Å². The molecule has 0 spiro atoms. The lowest BCUT2D eigenvalue weighted by molar-refractivity contribution is -0.275. The number of hydrogen-bond acceptors (Lipinski definition) is 6. The first-order chi connectivity index (χ1) is 17.6. The molecule has 2 aromatic carbocycles. The van der Waals surface area contributed by atoms with Crippen LogP contribution in [0.4, 0.5) is 17.6 Å². The number of fused-ring (bicyclic) bond motifs is 1. The first kappa shape index (κ1) is 25.9. The van der Waals surface area contributed by atoms with E-state index in [1.165, 1.54) is 31.5 Å². The first-order valence-corrected chi connectivity index (χ1v) is 11.3. The molecule has 1 aromatic heterocycles. The van der Waals surface area contributed by atoms with Crippen LogP contribution < -0.4 is 14.8 Å². The molecule has 0 unspecified atom stereocenters. The van der Waals surface area contributed by atoms with Gasteiger partial charge in [0.2, 0.25) is 0 Å². The highest BCUT2D eigenvalue weighted by molar-refractivity contribution is 5.98. The Kier molecular flexibility index (Phi) is 7.06. The molecule has 0 saturated heterocycles. The summed E-state index contributed by atoms with van der Waals surface area (Å²) in [5.74, 6) is -3.04. The van der Waals surface area contributed by atoms with E-state index in [4.69, 9.17) is 9.47 Å². The van der Waals surface area contributed by atoms with Gasteiger partial charge in [-0.25, -0.2) is 9.18 Å². The maximum Gasteiger partial charge on any atom is 0.573 e. The molecule has 4 rings (SSSR count). The third-order valence-electron chi connectivity index (χ3n) is 6.04. The summed E-state index contributed by atoms with van der Waals surface area (Å²) >= 11 is 0. The second-order valence-corrected chi connectivity index (χ2v) is 8.22. The Balaban J connectivity index is 1.79. The molecule has 0 fully saturated rings. The standard InChI is InChI=1S/C26H22F4N2O5/c1-3-15-13-16(6-8-18(15)24(34)35-2)23(33)32-25(10-12-36-21-5-4-11-31-22(21)25)17-7-9-20(19(27)14-17)37-26(28,29)30/h4-9,11,13-14H,3,10,12H2,1-2H3,(H,32,33)/t25-/m0/s1. The van der Waals surface area contributed by atoms with Crippen LogP contribution in [0.1, 0.15) is 50.9 Å². The molecule has 1 atom stereocenters. The van der Waals surface area contributed by atoms with Crippen molar-refractivity contribution in [1.29, 1.82) is 0 Å². The summed E-state index contributed by atoms with van der Waals surface area (Å²) in [5.41, 5.74) is 0.0934. The number of aryl methyl sites for hydroxylation is 1. The first-order valence-electron chi connectivity index (χ1n) is 11.3. The summed E-state index contributed by atoms with van der Waals surface area (Å²) in [6.07, 6.45) is -3.05. The van der Waals surface area contributed by atoms with Crippen LogP contribution in [0.25, 0.3) is 0 Å². The van der Waals surface area contributed by atoms with E-state index in [-0.39, 0.29) is 29.8 Å². The van der Waals surface area contributed by atoms with Crippen molar-refractivity contribution in [1.82, 2.24) is 10.3 Å². The molecule has 0 bridgehead atoms. The van der Waals surface area contributed by atoms with Crippen LogP contribution in [-0.2, 0) is 16.7 Å². The predicted octanol–water partition coefficient (Wildman–Crippen LogP) is 4.92. The van der Waals surface area contributed by atoms with E-state index < -0.39 is 35.3 Å². The molecule has 1 aliphatic heterocycles. The molecule has 2 heterocycles. The monoisotopic (exact) mass is 518 g/mol. The number of pyridine rings is 1. The van der Waals surface area contributed by atoms with E-state index in [1.807, 2.05) is 6.92 Å². The topological polar surface area (TPSA) is 86.8 Å². The van der Waals surface area contributed by atoms with Crippen LogP contribution in [0, 0.1) is 5.82 Å². The number of methoxy groups -OCH3 is 1. The molecule has 37 heavy (non-hydrogen) atoms. The number of esters is 1. The Hall–Kier alpha value is -4.15. The van der Waals surface area contributed by atoms with Crippen LogP contribution in [0.5, 0.6) is 11.5 Å². The number of nitrogens with zero attached hydrogens (tertiary/aromatic N) is 1. The van der Waals surface area contributed by atoms with Gasteiger partial charge in [0.05, 0.1) is 19.3 Å². The lowest BCUT2D eigenvalue weighted by Crippen LogP contribution is -2.50. The van der Waals surface area contributed by atoms with E-state index in [1.54, 1.807) is 18.2 Å². The minimum Gasteiger partial charge on any atom is -0.491 e. The number of amides is 1. The number of rotatable bonds is 6. The maximum atomic E-state index is 14.8. The van der Waals surface area contributed by atoms with Crippen molar-refractivity contribution in [3.8, 4) is 11.5 Å². The molecule has 1 N–H and O–H groups in total. The summed E-state index contributed by atoms with van der Waals surface area (Å²) in [6.45, 7) is 1.93. The van der Waals surface area contributed by atoms with Crippen molar-refractivity contribution >= 4 is 11.9 Å². The lowest BCUT2D eigenvalue weighted by atomic mass is 9.81. The van der Waals surface area contributed by atoms with Gasteiger partial charge >= 0.3 is 12.3 Å². The van der Waals surface area contributed by atoms with Gasteiger partial charge in [-0.15, -0.1) is 13.2 Å². The summed E-state index contributed by atoms with van der Waals surface area (Å²) < 4.78 is 67.0. The van der Waals surface area contributed by atoms with Crippen molar-refractivity contribution in [3.63, 3.8) is 0 Å². The number of nitrogens with one attached hydrogen (secondary N) is 1. The second kappa shape index (κ2) is 10.1. The number of halogens is 4. The van der Waals surface area contributed by atoms with Crippen molar-refractivity contribution < 1.29 is 41.4 Å². The summed E-state index contributed by atoms with van der Waals surface area (Å²) in [5, 5.41) is 2.90. The molecular formula is C26H22F4N2O5. The van der Waals surface area contributed by atoms with E-state index in [9.17, 15) is 27.2 Å². The van der Waals surface area contributed by atoms with Crippen LogP contribution in [0.3, 0.4) is 0 Å². The largest absolute Gasteiger partial charge is 0.573 e. The SMILES string of the molecule is CCc1cc(C(=O)N[C@]2(c3ccc(OC(F)(F)F)c(F)c3)CCOc3cccnc32)ccc1C(=O)OC. The number of carbonyl (C=O) groups excluding carboxylic acids is 2. The highest BCUT2D eigenvalue weighted by Crippen LogP contribution is 2.42. The summed E-state index contributed by atoms with van der Waals surface area (Å²) in [4.78, 5) is 29.9. The molecule has 11 heteroatoms. The van der Waals surface area contributed by atoms with E-state index in [0.717, 1.165) is 12.1 Å². The highest BCUT2D eigenvalue weighted by atomic mass is 19.4. The Bertz CT molecular complexity index is 1340. The average molecular weight is 518 g/mol. The quantitative estimate of drug-likeness (QED) is 0.368. The Labute approximate surface area is 209 Å². The molecule has 0 aliphatic carbocycles. The molecule has 3 aromatic rings. The van der Waals surface area contributed by atoms with Crippen LogP contribution in [0.15, 0.2) is 54.7 Å². The van der Waals surface area contributed by atoms with Gasteiger partial charge in [0.25, 0.3) is 5.91 Å². The minimum absolute atomic E-state index is 0.114. The number of alkyl halides is 3. The van der Waals surface area contributed by atoms with Crippen LogP contribution >= 0.6 is 0 Å². The van der Waals surface area contributed by atoms with Crippen LogP contribution in [0.2, 0.25) is 0 Å². The Morgan fingerprint density at radius 1 is 1.16 bits per heavy atom. The zero-order valence-electron chi connectivity index (χ0n) is 19.8. The van der Waals surface area contributed by atoms with Gasteiger partial charge in [-0.05, 0) is 60.0 Å². The summed E-state index contributed by atoms with van der Waals surface area (Å²) in [6, 6.07) is 10.7. The zero-order chi connectivity index (χ0) is 26.8. The number of ether oxygens (including phenoxy) is 3. The number of hydrogen-bond donors (Lipinski definition) is 1. The zero-order valence-corrected chi connectivity index (χ0v) is 19.8. The fourth-order valence-corrected chi connectivity index (χ4v) is 4.31. The maximum absolute atomic E-state index is 14.8. The predicted molar refractivity (Wildman–Crippen MR) is 123 cm³/mol. The fraction of sp³-hybridized carbons (Fsp3) is 0.269. The Morgan fingerprint density at radius 2 is 1.95 bits per heavy atom. The number of benzene rings is 2. The molecule has 194 valence electrons. The number of aromatic nitrogens is 1. The lowest BCUT2D eigenvalue weighted by Gasteiger charge is -2.39. The van der Waals surface area contributed by atoms with E-state index >= 15 is 0 Å². The van der Waals surface area contributed by atoms with Gasteiger partial charge in [-0.2, -0.15) is 0 Å². The van der Waals surface area contributed by atoms with Crippen molar-refractivity contribution in [2.75, 3.05) is 13.7 Å². The molecule has 7 nitrogen and oxygen atoms in total. The van der Waals surface area contributed by atoms with E-state index in [2.05, 4.69) is 15.0 Å². The van der Waals surface area contributed by atoms with E-state index in [0.29, 0.717) is 23.3 Å². The van der Waals surface area contributed by atoms with Crippen molar-refractivity contribution in [2.45, 2.75) is 31.7 Å². The van der Waals surface area contributed by atoms with Crippen LogP contribution in [-0.4, -0.2) is 36.9 Å². The molecule has 1 amide bonds. The summed E-state index contributed by atoms with van der Waals surface area (Å²) in [7, 11) is 1.26. The molecular weight excluding hydrogens is 496 g/mol. The molecule has 0 saturated carbocycles. The fourth-order valence-electron chi connectivity index (χ4n) is 4.31. The highest BCUT2D eigenvalue weighted by Gasteiger charge is 2.43. The number of carbonyl (C=O) groups is 2.